The lowest BCUT2D eigenvalue weighted by atomic mass is 10.0. The highest BCUT2D eigenvalue weighted by molar-refractivity contribution is 7.99. The minimum absolute atomic E-state index is 0.0580. The van der Waals surface area contributed by atoms with Gasteiger partial charge in [0.1, 0.15) is 0 Å². The van der Waals surface area contributed by atoms with Gasteiger partial charge in [-0.25, -0.2) is 4.98 Å². The summed E-state index contributed by atoms with van der Waals surface area (Å²) < 4.78 is 2.77. The molecule has 3 N–H and O–H groups in total. The average Bonchev–Trinajstić information content (AvgIpc) is 3.33. The number of benzene rings is 2. The Bertz CT molecular complexity index is 1150. The summed E-state index contributed by atoms with van der Waals surface area (Å²) in [7, 11) is 0. The van der Waals surface area contributed by atoms with E-state index in [-0.39, 0.29) is 11.9 Å². The first-order valence-corrected chi connectivity index (χ1v) is 14.0. The van der Waals surface area contributed by atoms with Crippen molar-refractivity contribution >= 4 is 58.1 Å². The van der Waals surface area contributed by atoms with E-state index in [0.717, 1.165) is 65.9 Å². The summed E-state index contributed by atoms with van der Waals surface area (Å²) in [5, 5.41) is 6.50. The van der Waals surface area contributed by atoms with Crippen LogP contribution in [-0.2, 0) is 11.3 Å². The van der Waals surface area contributed by atoms with Gasteiger partial charge in [0, 0.05) is 74.3 Å². The van der Waals surface area contributed by atoms with Crippen LogP contribution in [0, 0.1) is 0 Å². The molecule has 0 aliphatic carbocycles. The molecule has 1 aliphatic rings. The van der Waals surface area contributed by atoms with Crippen LogP contribution in [0.25, 0.3) is 11.3 Å². The van der Waals surface area contributed by atoms with Crippen LogP contribution in [0.2, 0.25) is 10.0 Å². The lowest BCUT2D eigenvalue weighted by Gasteiger charge is -2.37. The van der Waals surface area contributed by atoms with Gasteiger partial charge in [-0.05, 0) is 42.7 Å². The highest BCUT2D eigenvalue weighted by atomic mass is 35.5. The fourth-order valence-electron chi connectivity index (χ4n) is 4.12. The van der Waals surface area contributed by atoms with Crippen LogP contribution in [0.4, 0.5) is 5.69 Å². The number of anilines is 1. The number of nitrogens with one attached hydrogen (secondary N) is 1. The third-order valence-corrected chi connectivity index (χ3v) is 8.77. The predicted octanol–water partition coefficient (Wildman–Crippen LogP) is 6.01. The quantitative estimate of drug-likeness (QED) is 0.318. The molecule has 4 rings (SSSR count). The summed E-state index contributed by atoms with van der Waals surface area (Å²) in [6.45, 7) is 5.60. The number of carbonyl (C=O) groups excluding carboxylic acids is 1. The molecule has 1 aromatic heterocycles. The predicted molar refractivity (Wildman–Crippen MR) is 148 cm³/mol. The molecule has 35 heavy (non-hydrogen) atoms. The van der Waals surface area contributed by atoms with Crippen molar-refractivity contribution in [3.05, 3.63) is 63.5 Å². The van der Waals surface area contributed by atoms with E-state index in [1.165, 1.54) is 11.9 Å². The summed E-state index contributed by atoms with van der Waals surface area (Å²) in [5.74, 6) is 0.0580. The zero-order valence-electron chi connectivity index (χ0n) is 19.5. The fraction of sp³-hybridized carbons (Fsp3) is 0.360. The Morgan fingerprint density at radius 3 is 2.74 bits per heavy atom. The Balaban J connectivity index is 1.36. The van der Waals surface area contributed by atoms with Crippen molar-refractivity contribution in [1.29, 1.82) is 0 Å². The molecular weight excluding hydrogens is 521 g/mol. The first kappa shape index (κ1) is 26.3. The van der Waals surface area contributed by atoms with E-state index in [4.69, 9.17) is 33.9 Å². The average molecular weight is 551 g/mol. The summed E-state index contributed by atoms with van der Waals surface area (Å²) >= 11 is 15.2. The first-order chi connectivity index (χ1) is 16.9. The molecule has 0 atom stereocenters. The lowest BCUT2D eigenvalue weighted by Crippen LogP contribution is -2.43. The molecule has 0 radical (unpaired) electrons. The number of carbonyl (C=O) groups is 1. The van der Waals surface area contributed by atoms with Gasteiger partial charge in [0.2, 0.25) is 5.91 Å². The maximum Gasteiger partial charge on any atom is 0.229 e. The minimum atomic E-state index is 0.0580. The van der Waals surface area contributed by atoms with Crippen molar-refractivity contribution in [3.8, 4) is 11.3 Å². The van der Waals surface area contributed by atoms with Crippen molar-refractivity contribution in [2.24, 2.45) is 5.73 Å². The number of rotatable bonds is 9. The van der Waals surface area contributed by atoms with E-state index < -0.39 is 0 Å². The van der Waals surface area contributed by atoms with Crippen LogP contribution in [0.5, 0.6) is 0 Å². The Labute approximate surface area is 224 Å². The Kier molecular flexibility index (Phi) is 9.33. The number of likely N-dealkylation sites (tertiary alicyclic amines) is 1. The molecule has 186 valence electrons. The van der Waals surface area contributed by atoms with Crippen molar-refractivity contribution in [1.82, 2.24) is 14.2 Å². The zero-order chi connectivity index (χ0) is 24.8. The zero-order valence-corrected chi connectivity index (χ0v) is 22.7. The Morgan fingerprint density at radius 1 is 1.23 bits per heavy atom. The monoisotopic (exact) mass is 549 g/mol. The smallest absolute Gasteiger partial charge is 0.229 e. The first-order valence-electron chi connectivity index (χ1n) is 11.6. The van der Waals surface area contributed by atoms with Crippen molar-refractivity contribution in [3.63, 3.8) is 0 Å². The minimum Gasteiger partial charge on any atom is -0.384 e. The van der Waals surface area contributed by atoms with Gasteiger partial charge in [0.25, 0.3) is 0 Å². The van der Waals surface area contributed by atoms with Gasteiger partial charge in [-0.15, -0.1) is 11.3 Å². The molecule has 1 amide bonds. The van der Waals surface area contributed by atoms with Gasteiger partial charge < -0.3 is 11.1 Å². The second kappa shape index (κ2) is 12.4. The fourth-order valence-corrected chi connectivity index (χ4v) is 6.35. The maximum atomic E-state index is 12.5. The van der Waals surface area contributed by atoms with Crippen LogP contribution in [0.3, 0.4) is 0 Å². The molecule has 10 heteroatoms. The molecule has 6 nitrogen and oxygen atoms in total. The van der Waals surface area contributed by atoms with Gasteiger partial charge in [0.05, 0.1) is 15.7 Å². The Hall–Kier alpha value is -1.81. The third kappa shape index (κ3) is 7.12. The van der Waals surface area contributed by atoms with E-state index in [1.807, 2.05) is 46.1 Å². The molecule has 0 saturated carbocycles. The molecule has 0 bridgehead atoms. The molecule has 1 fully saturated rings. The third-order valence-electron chi connectivity index (χ3n) is 5.88. The van der Waals surface area contributed by atoms with Crippen LogP contribution >= 0.6 is 46.5 Å². The van der Waals surface area contributed by atoms with Gasteiger partial charge in [0.15, 0.2) is 4.34 Å². The second-order valence-electron chi connectivity index (χ2n) is 8.49. The van der Waals surface area contributed by atoms with E-state index in [9.17, 15) is 4.79 Å². The van der Waals surface area contributed by atoms with Crippen LogP contribution in [0.15, 0.2) is 52.2 Å². The number of amides is 1. The molecular formula is C25H29Cl2N5OS2. The van der Waals surface area contributed by atoms with Gasteiger partial charge >= 0.3 is 0 Å². The van der Waals surface area contributed by atoms with Crippen LogP contribution < -0.4 is 11.1 Å². The molecule has 0 spiro atoms. The number of halogens is 2. The highest BCUT2D eigenvalue weighted by Gasteiger charge is 2.28. The summed E-state index contributed by atoms with van der Waals surface area (Å²) in [6, 6.07) is 14.1. The number of piperidine rings is 1. The second-order valence-corrected chi connectivity index (χ2v) is 11.4. The highest BCUT2D eigenvalue weighted by Crippen LogP contribution is 2.34. The van der Waals surface area contributed by atoms with E-state index in [2.05, 4.69) is 16.3 Å². The number of nitrogens with two attached hydrogens (primary N) is 1. The molecule has 1 aliphatic heterocycles. The van der Waals surface area contributed by atoms with E-state index in [1.54, 1.807) is 18.3 Å². The van der Waals surface area contributed by atoms with E-state index in [0.29, 0.717) is 16.6 Å². The van der Waals surface area contributed by atoms with Crippen LogP contribution in [-0.4, -0.2) is 52.3 Å². The molecule has 2 heterocycles. The van der Waals surface area contributed by atoms with Crippen molar-refractivity contribution in [2.45, 2.75) is 36.7 Å². The number of aromatic nitrogens is 1. The number of thiazole rings is 1. The molecule has 3 aromatic rings. The Morgan fingerprint density at radius 2 is 2.03 bits per heavy atom. The summed E-state index contributed by atoms with van der Waals surface area (Å²) in [5.41, 5.74) is 9.71. The standard InChI is InChI=1S/C25H29Cl2N5OS2/c1-17(33)32(21-7-11-31(12-8-21)15-18-5-6-22(26)23(27)13-18)35-25-30-24(16-34-25)19-3-2-4-20(14-19)29-10-9-28/h2-6,13-14,16,21,29H,7-12,15,28H2,1H3. The largest absolute Gasteiger partial charge is 0.384 e. The topological polar surface area (TPSA) is 74.5 Å². The van der Waals surface area contributed by atoms with E-state index >= 15 is 0 Å². The van der Waals surface area contributed by atoms with Crippen LogP contribution in [0.1, 0.15) is 25.3 Å². The number of hydrogen-bond donors (Lipinski definition) is 2. The SMILES string of the molecule is CC(=O)N(Sc1nc(-c2cccc(NCCN)c2)cs1)C1CCN(Cc2ccc(Cl)c(Cl)c2)CC1. The van der Waals surface area contributed by atoms with Crippen molar-refractivity contribution < 1.29 is 4.79 Å². The molecule has 1 saturated heterocycles. The number of hydrogen-bond acceptors (Lipinski definition) is 7. The van der Waals surface area contributed by atoms with Gasteiger partial charge in [-0.1, -0.05) is 41.4 Å². The number of nitrogens with zero attached hydrogens (tertiary/aromatic N) is 3. The lowest BCUT2D eigenvalue weighted by molar-refractivity contribution is -0.125. The molecule has 0 unspecified atom stereocenters. The van der Waals surface area contributed by atoms with Gasteiger partial charge in [-0.2, -0.15) is 0 Å². The molecule has 2 aromatic carbocycles. The van der Waals surface area contributed by atoms with Gasteiger partial charge in [-0.3, -0.25) is 14.0 Å². The summed E-state index contributed by atoms with van der Waals surface area (Å²) in [6.07, 6.45) is 1.84. The summed E-state index contributed by atoms with van der Waals surface area (Å²) in [4.78, 5) is 19.7. The normalized spacial score (nSPS) is 14.7. The van der Waals surface area contributed by atoms with Crippen molar-refractivity contribution in [2.75, 3.05) is 31.5 Å². The maximum absolute atomic E-state index is 12.5.